The molecule has 0 spiro atoms. The van der Waals surface area contributed by atoms with Crippen LogP contribution in [0, 0.1) is 0 Å². The summed E-state index contributed by atoms with van der Waals surface area (Å²) in [5.74, 6) is 0. The van der Waals surface area contributed by atoms with E-state index in [2.05, 4.69) is 148 Å². The van der Waals surface area contributed by atoms with Crippen molar-refractivity contribution >= 4 is 98.4 Å². The highest BCUT2D eigenvalue weighted by molar-refractivity contribution is 7.22. The minimum atomic E-state index is -1.93. The van der Waals surface area contributed by atoms with E-state index < -0.39 is 24.2 Å². The zero-order valence-corrected chi connectivity index (χ0v) is 34.2. The van der Waals surface area contributed by atoms with E-state index in [-0.39, 0.29) is 0 Å². The third-order valence-electron chi connectivity index (χ3n) is 12.4. The van der Waals surface area contributed by atoms with Gasteiger partial charge in [-0.25, -0.2) is 9.97 Å². The van der Waals surface area contributed by atoms with E-state index in [1.54, 1.807) is 20.7 Å². The molecule has 8 aromatic rings. The van der Waals surface area contributed by atoms with Gasteiger partial charge in [-0.15, -0.1) is 22.7 Å². The van der Waals surface area contributed by atoms with Crippen molar-refractivity contribution in [2.45, 2.75) is 39.3 Å². The van der Waals surface area contributed by atoms with Crippen LogP contribution in [0.25, 0.3) is 75.0 Å². The Kier molecular flexibility index (Phi) is 5.95. The highest BCUT2D eigenvalue weighted by Gasteiger charge is 2.40. The second-order valence-electron chi connectivity index (χ2n) is 16.3. The standard InChI is InChI=1S/C44H36N2S2Si3/c1-49(2)37-13-9-7-11-27(37)29-19-25(15-17-39(29)49)43-45-33-21-31-32-22-34-36(24-42(32)51(5,6)41(31)23-35(33)47-43)48-44(46-34)26-16-18-40-30(20-26)28-12-8-10-14-38(28)50(40,3)4/h7-24H,1-6H3. The zero-order chi connectivity index (χ0) is 34.6. The Bertz CT molecular complexity index is 2670. The van der Waals surface area contributed by atoms with E-state index in [0.29, 0.717) is 0 Å². The van der Waals surface area contributed by atoms with E-state index in [9.17, 15) is 0 Å². The molecule has 0 unspecified atom stereocenters. The Morgan fingerprint density at radius 2 is 0.745 bits per heavy atom. The first-order valence-corrected chi connectivity index (χ1v) is 28.5. The van der Waals surface area contributed by atoms with E-state index in [0.717, 1.165) is 21.0 Å². The van der Waals surface area contributed by atoms with Crippen molar-refractivity contribution in [2.75, 3.05) is 0 Å². The molecule has 3 aliphatic heterocycles. The van der Waals surface area contributed by atoms with Gasteiger partial charge < -0.3 is 0 Å². The molecule has 0 bridgehead atoms. The molecule has 0 atom stereocenters. The second-order valence-corrected chi connectivity index (χ2v) is 31.3. The fourth-order valence-electron chi connectivity index (χ4n) is 9.53. The van der Waals surface area contributed by atoms with E-state index in [1.807, 2.05) is 22.7 Å². The highest BCUT2D eigenvalue weighted by Crippen LogP contribution is 2.41. The number of rotatable bonds is 2. The average Bonchev–Trinajstić information content (AvgIpc) is 3.90. The summed E-state index contributed by atoms with van der Waals surface area (Å²) >= 11 is 3.69. The van der Waals surface area contributed by atoms with Gasteiger partial charge in [-0.05, 0) is 101 Å². The lowest BCUT2D eigenvalue weighted by Gasteiger charge is -2.18. The topological polar surface area (TPSA) is 25.8 Å². The van der Waals surface area contributed by atoms with Gasteiger partial charge in [0.1, 0.15) is 34.2 Å². The molecule has 11 rings (SSSR count). The van der Waals surface area contributed by atoms with Crippen LogP contribution in [0.2, 0.25) is 39.3 Å². The summed E-state index contributed by atoms with van der Waals surface area (Å²) in [6, 6.07) is 42.0. The number of hydrogen-bond acceptors (Lipinski definition) is 4. The summed E-state index contributed by atoms with van der Waals surface area (Å²) in [7, 11) is -5.28. The number of nitrogens with zero attached hydrogens (tertiary/aromatic N) is 2. The minimum Gasteiger partial charge on any atom is -0.236 e. The van der Waals surface area contributed by atoms with E-state index >= 15 is 0 Å². The molecule has 51 heavy (non-hydrogen) atoms. The number of benzene rings is 6. The lowest BCUT2D eigenvalue weighted by atomic mass is 10.0. The third kappa shape index (κ3) is 4.01. The van der Waals surface area contributed by atoms with Crippen molar-refractivity contribution < 1.29 is 0 Å². The molecular formula is C44H36N2S2Si3. The summed E-state index contributed by atoms with van der Waals surface area (Å²) in [6.45, 7) is 15.0. The minimum absolute atomic E-state index is 1.10. The van der Waals surface area contributed by atoms with Crippen LogP contribution in [0.1, 0.15) is 0 Å². The highest BCUT2D eigenvalue weighted by atomic mass is 32.1. The molecule has 0 fully saturated rings. The van der Waals surface area contributed by atoms with Crippen molar-refractivity contribution in [1.82, 2.24) is 9.97 Å². The SMILES string of the molecule is C[Si]1(C)c2ccccc2-c2cc(-c3nc4cc5c(cc4s3)[Si](C)(C)c3cc4sc(-c6ccc7c(c6)-c6ccccc6[Si]7(C)C)nc4cc3-5)ccc21. The van der Waals surface area contributed by atoms with Crippen molar-refractivity contribution in [3.63, 3.8) is 0 Å². The molecule has 6 aromatic carbocycles. The van der Waals surface area contributed by atoms with Crippen LogP contribution in [-0.2, 0) is 0 Å². The van der Waals surface area contributed by atoms with Gasteiger partial charge in [-0.1, -0.05) is 112 Å². The summed E-state index contributed by atoms with van der Waals surface area (Å²) in [4.78, 5) is 10.6. The van der Waals surface area contributed by atoms with Gasteiger partial charge in [0.2, 0.25) is 0 Å². The van der Waals surface area contributed by atoms with Gasteiger partial charge in [0, 0.05) is 11.1 Å². The van der Waals surface area contributed by atoms with Crippen molar-refractivity contribution in [2.24, 2.45) is 0 Å². The molecule has 0 N–H and O–H groups in total. The van der Waals surface area contributed by atoms with Crippen molar-refractivity contribution in [3.8, 4) is 54.5 Å². The second kappa shape index (κ2) is 9.99. The Morgan fingerprint density at radius 1 is 0.373 bits per heavy atom. The van der Waals surface area contributed by atoms with Gasteiger partial charge in [0.25, 0.3) is 0 Å². The predicted octanol–water partition coefficient (Wildman–Crippen LogP) is 8.65. The molecule has 246 valence electrons. The molecule has 2 nitrogen and oxygen atoms in total. The summed E-state index contributed by atoms with van der Waals surface area (Å²) < 4.78 is 2.58. The fourth-order valence-corrected chi connectivity index (χ4v) is 20.9. The molecule has 2 aromatic heterocycles. The maximum absolute atomic E-state index is 5.29. The van der Waals surface area contributed by atoms with Crippen LogP contribution in [0.5, 0.6) is 0 Å². The summed E-state index contributed by atoms with van der Waals surface area (Å²) in [5.41, 5.74) is 13.0. The van der Waals surface area contributed by atoms with Crippen molar-refractivity contribution in [1.29, 1.82) is 0 Å². The summed E-state index contributed by atoms with van der Waals surface area (Å²) in [5, 5.41) is 11.5. The Hall–Kier alpha value is -4.25. The van der Waals surface area contributed by atoms with E-state index in [1.165, 1.54) is 64.3 Å². The number of thiazole rings is 2. The molecule has 0 aliphatic carbocycles. The molecule has 0 radical (unpaired) electrons. The summed E-state index contributed by atoms with van der Waals surface area (Å²) in [6.07, 6.45) is 0. The lowest BCUT2D eigenvalue weighted by Crippen LogP contribution is -2.49. The molecule has 5 heterocycles. The monoisotopic (exact) mass is 740 g/mol. The predicted molar refractivity (Wildman–Crippen MR) is 230 cm³/mol. The van der Waals surface area contributed by atoms with Crippen LogP contribution in [0.4, 0.5) is 0 Å². The quantitative estimate of drug-likeness (QED) is 0.166. The molecule has 0 saturated carbocycles. The van der Waals surface area contributed by atoms with Gasteiger partial charge in [0.15, 0.2) is 0 Å². The fraction of sp³-hybridized carbons (Fsp3) is 0.136. The number of aromatic nitrogens is 2. The first kappa shape index (κ1) is 30.4. The lowest BCUT2D eigenvalue weighted by molar-refractivity contribution is 1.48. The zero-order valence-electron chi connectivity index (χ0n) is 29.6. The van der Waals surface area contributed by atoms with Crippen molar-refractivity contribution in [3.05, 3.63) is 109 Å². The van der Waals surface area contributed by atoms with Gasteiger partial charge in [-0.3, -0.25) is 0 Å². The number of hydrogen-bond donors (Lipinski definition) is 0. The maximum Gasteiger partial charge on any atom is 0.124 e. The van der Waals surface area contributed by atoms with Crippen LogP contribution in [0.3, 0.4) is 0 Å². The van der Waals surface area contributed by atoms with Crippen LogP contribution in [0.15, 0.2) is 109 Å². The molecular weight excluding hydrogens is 705 g/mol. The van der Waals surface area contributed by atoms with Crippen LogP contribution in [-0.4, -0.2) is 34.2 Å². The van der Waals surface area contributed by atoms with Gasteiger partial charge in [-0.2, -0.15) is 0 Å². The third-order valence-corrected chi connectivity index (χ3v) is 25.1. The van der Waals surface area contributed by atoms with Crippen LogP contribution >= 0.6 is 22.7 Å². The molecule has 0 amide bonds. The van der Waals surface area contributed by atoms with E-state index in [4.69, 9.17) is 9.97 Å². The van der Waals surface area contributed by atoms with Crippen LogP contribution < -0.4 is 31.1 Å². The first-order valence-electron chi connectivity index (χ1n) is 17.9. The normalized spacial score (nSPS) is 16.5. The first-order chi connectivity index (χ1) is 24.5. The van der Waals surface area contributed by atoms with Gasteiger partial charge >= 0.3 is 0 Å². The smallest absolute Gasteiger partial charge is 0.124 e. The average molecular weight is 741 g/mol. The molecule has 0 saturated heterocycles. The molecule has 7 heteroatoms. The maximum atomic E-state index is 5.29. The Morgan fingerprint density at radius 3 is 1.20 bits per heavy atom. The number of fused-ring (bicyclic) bond motifs is 11. The molecule has 3 aliphatic rings. The Labute approximate surface area is 309 Å². The largest absolute Gasteiger partial charge is 0.236 e. The van der Waals surface area contributed by atoms with Gasteiger partial charge in [0.05, 0.1) is 20.4 Å². The Balaban J connectivity index is 0.996.